The Morgan fingerprint density at radius 3 is 2.43 bits per heavy atom. The highest BCUT2D eigenvalue weighted by Gasteiger charge is 2.12. The van der Waals surface area contributed by atoms with Crippen molar-refractivity contribution >= 4 is 51.9 Å². The van der Waals surface area contributed by atoms with Crippen LogP contribution in [0.2, 0.25) is 10.0 Å². The summed E-state index contributed by atoms with van der Waals surface area (Å²) in [5.41, 5.74) is 0.372. The summed E-state index contributed by atoms with van der Waals surface area (Å²) in [5.74, 6) is -0.621. The van der Waals surface area contributed by atoms with Gasteiger partial charge in [-0.05, 0) is 23.6 Å². The number of rotatable bonds is 5. The number of aromatic hydroxyl groups is 1. The van der Waals surface area contributed by atoms with Crippen molar-refractivity contribution in [1.82, 2.24) is 0 Å². The van der Waals surface area contributed by atoms with E-state index in [0.717, 1.165) is 0 Å². The number of anilines is 1. The third-order valence-corrected chi connectivity index (χ3v) is 4.16. The number of Topliss-reactive ketones (excluding diaryl/α,β-unsaturated/α-hetero) is 1. The maximum Gasteiger partial charge on any atom is 0.224 e. The van der Waals surface area contributed by atoms with Gasteiger partial charge in [-0.1, -0.05) is 29.3 Å². The van der Waals surface area contributed by atoms with E-state index >= 15 is 0 Å². The molecule has 0 fully saturated rings. The number of carbonyl (C=O) groups is 2. The maximum atomic E-state index is 11.8. The van der Waals surface area contributed by atoms with E-state index in [4.69, 9.17) is 23.2 Å². The molecule has 2 rings (SSSR count). The Hall–Kier alpha value is -1.56. The summed E-state index contributed by atoms with van der Waals surface area (Å²) in [6, 6.07) is 6.30. The molecule has 0 saturated carbocycles. The second kappa shape index (κ2) is 6.93. The summed E-state index contributed by atoms with van der Waals surface area (Å²) in [6.45, 7) is 0. The summed E-state index contributed by atoms with van der Waals surface area (Å²) >= 11 is 12.9. The first-order valence-electron chi connectivity index (χ1n) is 6.02. The Kier molecular flexibility index (Phi) is 5.22. The highest BCUT2D eigenvalue weighted by atomic mass is 35.5. The monoisotopic (exact) mass is 343 g/mol. The Balaban J connectivity index is 1.92. The first-order chi connectivity index (χ1) is 9.97. The molecule has 0 spiro atoms. The van der Waals surface area contributed by atoms with Gasteiger partial charge in [0.25, 0.3) is 0 Å². The van der Waals surface area contributed by atoms with Crippen LogP contribution in [-0.4, -0.2) is 16.8 Å². The molecule has 0 unspecified atom stereocenters. The topological polar surface area (TPSA) is 66.4 Å². The minimum absolute atomic E-state index is 0.0486. The lowest BCUT2D eigenvalue weighted by atomic mass is 10.2. The van der Waals surface area contributed by atoms with Crippen LogP contribution >= 0.6 is 34.5 Å². The molecule has 21 heavy (non-hydrogen) atoms. The molecule has 0 bridgehead atoms. The summed E-state index contributed by atoms with van der Waals surface area (Å²) in [5, 5.41) is 13.9. The Morgan fingerprint density at radius 1 is 1.19 bits per heavy atom. The van der Waals surface area contributed by atoms with Crippen LogP contribution in [-0.2, 0) is 4.79 Å². The lowest BCUT2D eigenvalue weighted by Gasteiger charge is -2.07. The molecule has 1 aromatic carbocycles. The lowest BCUT2D eigenvalue weighted by molar-refractivity contribution is -0.116. The second-order valence-corrected chi connectivity index (χ2v) is 6.00. The SMILES string of the molecule is O=C(CCC(=O)c1cccs1)Nc1cc(Cl)c(O)c(Cl)c1. The van der Waals surface area contributed by atoms with Gasteiger partial charge in [0.05, 0.1) is 14.9 Å². The van der Waals surface area contributed by atoms with Crippen LogP contribution in [0.15, 0.2) is 29.6 Å². The minimum Gasteiger partial charge on any atom is -0.505 e. The molecular weight excluding hydrogens is 333 g/mol. The molecule has 4 nitrogen and oxygen atoms in total. The fourth-order valence-electron chi connectivity index (χ4n) is 1.65. The minimum atomic E-state index is -0.322. The van der Waals surface area contributed by atoms with Gasteiger partial charge >= 0.3 is 0 Å². The van der Waals surface area contributed by atoms with E-state index in [2.05, 4.69) is 5.32 Å². The number of thiophene rings is 1. The van der Waals surface area contributed by atoms with E-state index in [-0.39, 0.29) is 40.3 Å². The van der Waals surface area contributed by atoms with Crippen molar-refractivity contribution in [1.29, 1.82) is 0 Å². The van der Waals surface area contributed by atoms with Gasteiger partial charge in [0, 0.05) is 18.5 Å². The molecule has 2 N–H and O–H groups in total. The molecule has 1 amide bonds. The molecule has 0 aliphatic rings. The average Bonchev–Trinajstić information content (AvgIpc) is 2.96. The standard InChI is InChI=1S/C14H11Cl2NO3S/c15-9-6-8(7-10(16)14(9)20)17-13(19)4-3-11(18)12-2-1-5-21-12/h1-2,5-7,20H,3-4H2,(H,17,19). The predicted octanol–water partition coefficient (Wildman–Crippen LogP) is 4.36. The second-order valence-electron chi connectivity index (χ2n) is 4.24. The Bertz CT molecular complexity index is 648. The smallest absolute Gasteiger partial charge is 0.224 e. The third-order valence-electron chi connectivity index (χ3n) is 2.68. The van der Waals surface area contributed by atoms with Crippen molar-refractivity contribution in [3.8, 4) is 5.75 Å². The van der Waals surface area contributed by atoms with E-state index in [1.165, 1.54) is 23.5 Å². The van der Waals surface area contributed by atoms with Gasteiger partial charge in [0.2, 0.25) is 5.91 Å². The number of hydrogen-bond acceptors (Lipinski definition) is 4. The molecule has 0 aliphatic heterocycles. The van der Waals surface area contributed by atoms with E-state index in [1.807, 2.05) is 5.38 Å². The highest BCUT2D eigenvalue weighted by Crippen LogP contribution is 2.34. The van der Waals surface area contributed by atoms with Gasteiger partial charge < -0.3 is 10.4 Å². The van der Waals surface area contributed by atoms with E-state index < -0.39 is 0 Å². The van der Waals surface area contributed by atoms with Crippen LogP contribution in [0.1, 0.15) is 22.5 Å². The number of phenols is 1. The van der Waals surface area contributed by atoms with Crippen LogP contribution in [0, 0.1) is 0 Å². The zero-order valence-corrected chi connectivity index (χ0v) is 13.1. The summed E-state index contributed by atoms with van der Waals surface area (Å²) in [7, 11) is 0. The third kappa shape index (κ3) is 4.20. The predicted molar refractivity (Wildman–Crippen MR) is 84.6 cm³/mol. The molecule has 2 aromatic rings. The van der Waals surface area contributed by atoms with Gasteiger partial charge in [-0.3, -0.25) is 9.59 Å². The molecule has 1 heterocycles. The molecule has 0 radical (unpaired) electrons. The van der Waals surface area contributed by atoms with Crippen molar-refractivity contribution < 1.29 is 14.7 Å². The number of benzene rings is 1. The molecule has 0 atom stereocenters. The zero-order chi connectivity index (χ0) is 15.4. The van der Waals surface area contributed by atoms with Crippen molar-refractivity contribution in [2.75, 3.05) is 5.32 Å². The van der Waals surface area contributed by atoms with Crippen LogP contribution in [0.25, 0.3) is 0 Å². The van der Waals surface area contributed by atoms with E-state index in [9.17, 15) is 14.7 Å². The number of halogens is 2. The van der Waals surface area contributed by atoms with Gasteiger partial charge in [-0.2, -0.15) is 0 Å². The number of hydrogen-bond donors (Lipinski definition) is 2. The normalized spacial score (nSPS) is 10.4. The van der Waals surface area contributed by atoms with Crippen molar-refractivity contribution in [2.45, 2.75) is 12.8 Å². The van der Waals surface area contributed by atoms with Crippen molar-refractivity contribution in [3.63, 3.8) is 0 Å². The van der Waals surface area contributed by atoms with Crippen LogP contribution in [0.5, 0.6) is 5.75 Å². The molecule has 110 valence electrons. The number of nitrogens with one attached hydrogen (secondary N) is 1. The van der Waals surface area contributed by atoms with Crippen molar-refractivity contribution in [2.24, 2.45) is 0 Å². The molecule has 7 heteroatoms. The first kappa shape index (κ1) is 15.8. The number of amides is 1. The van der Waals surface area contributed by atoms with Gasteiger partial charge in [-0.25, -0.2) is 0 Å². The molecular formula is C14H11Cl2NO3S. The fraction of sp³-hybridized carbons (Fsp3) is 0.143. The molecule has 1 aromatic heterocycles. The van der Waals surface area contributed by atoms with Crippen LogP contribution < -0.4 is 5.32 Å². The summed E-state index contributed by atoms with van der Waals surface area (Å²) in [4.78, 5) is 24.2. The zero-order valence-electron chi connectivity index (χ0n) is 10.7. The van der Waals surface area contributed by atoms with Gasteiger partial charge in [-0.15, -0.1) is 11.3 Å². The summed E-state index contributed by atoms with van der Waals surface area (Å²) in [6.07, 6.45) is 0.193. The quantitative estimate of drug-likeness (QED) is 0.625. The Labute approximate surface area is 135 Å². The van der Waals surface area contributed by atoms with Crippen LogP contribution in [0.4, 0.5) is 5.69 Å². The average molecular weight is 344 g/mol. The number of ketones is 1. The Morgan fingerprint density at radius 2 is 1.86 bits per heavy atom. The van der Waals surface area contributed by atoms with Crippen LogP contribution in [0.3, 0.4) is 0 Å². The van der Waals surface area contributed by atoms with Gasteiger partial charge in [0.1, 0.15) is 0 Å². The van der Waals surface area contributed by atoms with Crippen molar-refractivity contribution in [3.05, 3.63) is 44.6 Å². The van der Waals surface area contributed by atoms with Gasteiger partial charge in [0.15, 0.2) is 11.5 Å². The largest absolute Gasteiger partial charge is 0.505 e. The molecule has 0 saturated heterocycles. The maximum absolute atomic E-state index is 11.8. The first-order valence-corrected chi connectivity index (χ1v) is 7.65. The van der Waals surface area contributed by atoms with E-state index in [0.29, 0.717) is 10.6 Å². The summed E-state index contributed by atoms with van der Waals surface area (Å²) < 4.78 is 0. The molecule has 0 aliphatic carbocycles. The number of carbonyl (C=O) groups excluding carboxylic acids is 2. The lowest BCUT2D eigenvalue weighted by Crippen LogP contribution is -2.13. The highest BCUT2D eigenvalue weighted by molar-refractivity contribution is 7.12. The fourth-order valence-corrected chi connectivity index (χ4v) is 2.83. The van der Waals surface area contributed by atoms with E-state index in [1.54, 1.807) is 12.1 Å². The number of phenolic OH excluding ortho intramolecular Hbond substituents is 1.